The zero-order valence-electron chi connectivity index (χ0n) is 10.4. The first kappa shape index (κ1) is 15.2. The number of benzene rings is 1. The maximum Gasteiger partial charge on any atom is 0.262 e. The van der Waals surface area contributed by atoms with Gasteiger partial charge in [0.2, 0.25) is 0 Å². The van der Waals surface area contributed by atoms with Crippen LogP contribution in [-0.4, -0.2) is 19.3 Å². The minimum Gasteiger partial charge on any atom is -0.495 e. The second-order valence-corrected chi connectivity index (χ2v) is 4.61. The van der Waals surface area contributed by atoms with Crippen LogP contribution in [0.15, 0.2) is 28.8 Å². The number of amides is 1. The van der Waals surface area contributed by atoms with Gasteiger partial charge in [0.05, 0.1) is 17.8 Å². The molecule has 0 spiro atoms. The van der Waals surface area contributed by atoms with Crippen LogP contribution in [0.25, 0.3) is 0 Å². The van der Waals surface area contributed by atoms with Gasteiger partial charge in [0.15, 0.2) is 0 Å². The highest BCUT2D eigenvalue weighted by molar-refractivity contribution is 8.02. The number of nitrogens with one attached hydrogen (secondary N) is 1. The van der Waals surface area contributed by atoms with Crippen molar-refractivity contribution in [1.82, 2.24) is 0 Å². The molecule has 0 bridgehead atoms. The molecule has 1 aromatic rings. The number of nitrogens with two attached hydrogens (primary N) is 1. The number of methoxy groups -OCH3 is 1. The van der Waals surface area contributed by atoms with Crippen LogP contribution in [-0.2, 0) is 4.79 Å². The highest BCUT2D eigenvalue weighted by Gasteiger charge is 2.14. The Bertz CT molecular complexity index is 567. The van der Waals surface area contributed by atoms with Gasteiger partial charge >= 0.3 is 0 Å². The molecular formula is C12H12ClN3O2S. The molecule has 0 fully saturated rings. The SMILES string of the molecule is COc1ccc(Cl)cc1N/C(SC)=C(/C#N)C(N)=O. The predicted octanol–water partition coefficient (Wildman–Crippen LogP) is 2.34. The largest absolute Gasteiger partial charge is 0.495 e. The first-order valence-electron chi connectivity index (χ1n) is 5.12. The van der Waals surface area contributed by atoms with E-state index in [-0.39, 0.29) is 5.57 Å². The van der Waals surface area contributed by atoms with Gasteiger partial charge in [-0.15, -0.1) is 11.8 Å². The summed E-state index contributed by atoms with van der Waals surface area (Å²) in [7, 11) is 1.51. The fraction of sp³-hybridized carbons (Fsp3) is 0.167. The molecule has 1 amide bonds. The standard InChI is InChI=1S/C12H12ClN3O2S/c1-18-10-4-3-7(13)5-9(10)16-12(19-2)8(6-14)11(15)17/h3-5,16H,1-2H3,(H2,15,17)/b12-8+. The summed E-state index contributed by atoms with van der Waals surface area (Å²) >= 11 is 7.10. The first-order valence-corrected chi connectivity index (χ1v) is 6.72. The molecule has 0 aliphatic rings. The number of ether oxygens (including phenoxy) is 1. The summed E-state index contributed by atoms with van der Waals surface area (Å²) in [6.07, 6.45) is 1.72. The van der Waals surface area contributed by atoms with Gasteiger partial charge in [0.1, 0.15) is 17.4 Å². The van der Waals surface area contributed by atoms with E-state index in [0.29, 0.717) is 21.5 Å². The molecule has 0 aliphatic carbocycles. The lowest BCUT2D eigenvalue weighted by molar-refractivity contribution is -0.114. The number of hydrogen-bond donors (Lipinski definition) is 2. The molecule has 0 atom stereocenters. The van der Waals surface area contributed by atoms with E-state index in [2.05, 4.69) is 5.32 Å². The molecule has 0 saturated heterocycles. The van der Waals surface area contributed by atoms with Gasteiger partial charge in [-0.1, -0.05) is 11.6 Å². The van der Waals surface area contributed by atoms with E-state index in [1.54, 1.807) is 30.5 Å². The summed E-state index contributed by atoms with van der Waals surface area (Å²) in [5.74, 6) is -0.252. The molecule has 100 valence electrons. The van der Waals surface area contributed by atoms with Crippen LogP contribution in [0.3, 0.4) is 0 Å². The number of hydrogen-bond acceptors (Lipinski definition) is 5. The summed E-state index contributed by atoms with van der Waals surface area (Å²) in [6.45, 7) is 0. The molecule has 0 aliphatic heterocycles. The van der Waals surface area contributed by atoms with Gasteiger partial charge < -0.3 is 15.8 Å². The Morgan fingerprint density at radius 3 is 2.74 bits per heavy atom. The van der Waals surface area contributed by atoms with Crippen molar-refractivity contribution in [2.75, 3.05) is 18.7 Å². The van der Waals surface area contributed by atoms with Gasteiger partial charge in [-0.3, -0.25) is 4.79 Å². The monoisotopic (exact) mass is 297 g/mol. The van der Waals surface area contributed by atoms with Crippen LogP contribution in [0.4, 0.5) is 5.69 Å². The van der Waals surface area contributed by atoms with Crippen molar-refractivity contribution in [3.63, 3.8) is 0 Å². The fourth-order valence-electron chi connectivity index (χ4n) is 1.33. The molecule has 1 rings (SSSR count). The summed E-state index contributed by atoms with van der Waals surface area (Å²) < 4.78 is 5.17. The van der Waals surface area contributed by atoms with Crippen molar-refractivity contribution in [1.29, 1.82) is 5.26 Å². The van der Waals surface area contributed by atoms with E-state index in [0.717, 1.165) is 0 Å². The van der Waals surface area contributed by atoms with E-state index in [1.165, 1.54) is 18.9 Å². The number of halogens is 1. The minimum absolute atomic E-state index is 0.144. The number of carbonyl (C=O) groups is 1. The molecule has 0 unspecified atom stereocenters. The van der Waals surface area contributed by atoms with E-state index in [1.807, 2.05) is 0 Å². The maximum atomic E-state index is 11.2. The molecule has 0 radical (unpaired) electrons. The Morgan fingerprint density at radius 2 is 2.26 bits per heavy atom. The van der Waals surface area contributed by atoms with Gasteiger partial charge in [0, 0.05) is 5.02 Å². The fourth-order valence-corrected chi connectivity index (χ4v) is 2.07. The topological polar surface area (TPSA) is 88.1 Å². The maximum absolute atomic E-state index is 11.2. The summed E-state index contributed by atoms with van der Waals surface area (Å²) in [4.78, 5) is 11.2. The smallest absolute Gasteiger partial charge is 0.262 e. The second-order valence-electron chi connectivity index (χ2n) is 3.35. The quantitative estimate of drug-likeness (QED) is 0.643. The molecule has 7 heteroatoms. The molecular weight excluding hydrogens is 286 g/mol. The van der Waals surface area contributed by atoms with Crippen LogP contribution in [0.2, 0.25) is 5.02 Å². The van der Waals surface area contributed by atoms with E-state index >= 15 is 0 Å². The predicted molar refractivity (Wildman–Crippen MR) is 77.0 cm³/mol. The third-order valence-corrected chi connectivity index (χ3v) is 3.15. The summed E-state index contributed by atoms with van der Waals surface area (Å²) in [5, 5.41) is 12.7. The van der Waals surface area contributed by atoms with Crippen LogP contribution >= 0.6 is 23.4 Å². The van der Waals surface area contributed by atoms with Crippen LogP contribution in [0.1, 0.15) is 0 Å². The lowest BCUT2D eigenvalue weighted by atomic mass is 10.2. The van der Waals surface area contributed by atoms with Crippen molar-refractivity contribution < 1.29 is 9.53 Å². The zero-order chi connectivity index (χ0) is 14.4. The number of primary amides is 1. The zero-order valence-corrected chi connectivity index (χ0v) is 11.9. The number of carbonyl (C=O) groups excluding carboxylic acids is 1. The van der Waals surface area contributed by atoms with E-state index < -0.39 is 5.91 Å². The van der Waals surface area contributed by atoms with E-state index in [9.17, 15) is 4.79 Å². The number of anilines is 1. The Morgan fingerprint density at radius 1 is 1.58 bits per heavy atom. The highest BCUT2D eigenvalue weighted by atomic mass is 35.5. The third kappa shape index (κ3) is 3.81. The number of nitrogens with zero attached hydrogens (tertiary/aromatic N) is 1. The molecule has 19 heavy (non-hydrogen) atoms. The van der Waals surface area contributed by atoms with Crippen molar-refractivity contribution in [3.8, 4) is 11.8 Å². The van der Waals surface area contributed by atoms with Gasteiger partial charge in [-0.05, 0) is 24.5 Å². The average molecular weight is 298 g/mol. The molecule has 0 saturated carbocycles. The molecule has 0 heterocycles. The van der Waals surface area contributed by atoms with Crippen LogP contribution in [0, 0.1) is 11.3 Å². The molecule has 1 aromatic carbocycles. The second kappa shape index (κ2) is 6.92. The van der Waals surface area contributed by atoms with Crippen molar-refractivity contribution in [2.24, 2.45) is 5.73 Å². The Hall–Kier alpha value is -1.84. The van der Waals surface area contributed by atoms with Gasteiger partial charge in [0.25, 0.3) is 5.91 Å². The normalized spacial score (nSPS) is 11.3. The molecule has 0 aromatic heterocycles. The van der Waals surface area contributed by atoms with Crippen molar-refractivity contribution >= 4 is 35.0 Å². The van der Waals surface area contributed by atoms with Crippen molar-refractivity contribution in [3.05, 3.63) is 33.8 Å². The summed E-state index contributed by atoms with van der Waals surface area (Å²) in [6, 6.07) is 6.76. The Kier molecular flexibility index (Phi) is 5.55. The lowest BCUT2D eigenvalue weighted by Crippen LogP contribution is -2.16. The van der Waals surface area contributed by atoms with E-state index in [4.69, 9.17) is 27.3 Å². The third-order valence-electron chi connectivity index (χ3n) is 2.20. The van der Waals surface area contributed by atoms with Crippen molar-refractivity contribution in [2.45, 2.75) is 0 Å². The lowest BCUT2D eigenvalue weighted by Gasteiger charge is -2.13. The number of rotatable bonds is 5. The van der Waals surface area contributed by atoms with Crippen LogP contribution in [0.5, 0.6) is 5.75 Å². The van der Waals surface area contributed by atoms with Crippen LogP contribution < -0.4 is 15.8 Å². The number of thioether (sulfide) groups is 1. The molecule has 3 N–H and O–H groups in total. The minimum atomic E-state index is -0.791. The summed E-state index contributed by atoms with van der Waals surface area (Å²) in [5.41, 5.74) is 5.55. The first-order chi connectivity index (χ1) is 9.03. The van der Waals surface area contributed by atoms with Gasteiger partial charge in [-0.25, -0.2) is 0 Å². The Labute approximate surface area is 120 Å². The average Bonchev–Trinajstić information content (AvgIpc) is 2.38. The highest BCUT2D eigenvalue weighted by Crippen LogP contribution is 2.31. The number of nitriles is 1. The van der Waals surface area contributed by atoms with Gasteiger partial charge in [-0.2, -0.15) is 5.26 Å². The Balaban J connectivity index is 3.23. The molecule has 5 nitrogen and oxygen atoms in total.